The first kappa shape index (κ1) is 13.5. The predicted octanol–water partition coefficient (Wildman–Crippen LogP) is 1.03. The normalized spacial score (nSPS) is 16.1. The molecule has 0 unspecified atom stereocenters. The van der Waals surface area contributed by atoms with Gasteiger partial charge in [0.2, 0.25) is 0 Å². The van der Waals surface area contributed by atoms with Crippen molar-refractivity contribution in [1.82, 2.24) is 19.7 Å². The highest BCUT2D eigenvalue weighted by atomic mass is 15.3. The lowest BCUT2D eigenvalue weighted by Crippen LogP contribution is -2.37. The number of fused-ring (bicyclic) bond motifs is 1. The molecule has 0 spiro atoms. The van der Waals surface area contributed by atoms with Crippen molar-refractivity contribution in [1.29, 1.82) is 0 Å². The van der Waals surface area contributed by atoms with E-state index in [4.69, 9.17) is 5.73 Å². The van der Waals surface area contributed by atoms with Crippen LogP contribution in [0.15, 0.2) is 0 Å². The van der Waals surface area contributed by atoms with E-state index in [1.165, 1.54) is 12.8 Å². The monoisotopic (exact) mass is 251 g/mol. The quantitative estimate of drug-likeness (QED) is 0.849. The molecule has 5 nitrogen and oxygen atoms in total. The summed E-state index contributed by atoms with van der Waals surface area (Å²) in [7, 11) is 2.13. The fraction of sp³-hybridized carbons (Fsp3) is 0.846. The lowest BCUT2D eigenvalue weighted by Gasteiger charge is -2.29. The molecule has 18 heavy (non-hydrogen) atoms. The molecule has 1 aromatic heterocycles. The third-order valence-electron chi connectivity index (χ3n) is 3.60. The number of rotatable bonds is 5. The Bertz CT molecular complexity index is 396. The van der Waals surface area contributed by atoms with Crippen LogP contribution in [0.25, 0.3) is 0 Å². The predicted molar refractivity (Wildman–Crippen MR) is 72.1 cm³/mol. The summed E-state index contributed by atoms with van der Waals surface area (Å²) in [5, 5.41) is 8.62. The number of aromatic nitrogens is 3. The van der Waals surface area contributed by atoms with E-state index in [9.17, 15) is 0 Å². The van der Waals surface area contributed by atoms with Crippen LogP contribution in [0.2, 0.25) is 0 Å². The zero-order valence-electron chi connectivity index (χ0n) is 11.8. The molecule has 0 saturated heterocycles. The van der Waals surface area contributed by atoms with Crippen molar-refractivity contribution >= 4 is 0 Å². The molecule has 2 rings (SSSR count). The average Bonchev–Trinajstić information content (AvgIpc) is 2.72. The maximum atomic E-state index is 5.78. The number of nitrogens with zero attached hydrogens (tertiary/aromatic N) is 4. The lowest BCUT2D eigenvalue weighted by atomic mass is 9.93. The molecule has 0 fully saturated rings. The molecule has 0 atom stereocenters. The number of nitrogens with two attached hydrogens (primary N) is 1. The van der Waals surface area contributed by atoms with E-state index in [0.717, 1.165) is 37.7 Å². The van der Waals surface area contributed by atoms with Crippen molar-refractivity contribution in [3.63, 3.8) is 0 Å². The number of aryl methyl sites for hydroxylation is 1. The zero-order valence-corrected chi connectivity index (χ0v) is 11.8. The van der Waals surface area contributed by atoms with Gasteiger partial charge in [-0.1, -0.05) is 13.8 Å². The highest BCUT2D eigenvalue weighted by molar-refractivity contribution is 4.98. The van der Waals surface area contributed by atoms with Gasteiger partial charge in [0.15, 0.2) is 0 Å². The van der Waals surface area contributed by atoms with Gasteiger partial charge in [0.1, 0.15) is 11.6 Å². The summed E-state index contributed by atoms with van der Waals surface area (Å²) in [6.45, 7) is 8.01. The van der Waals surface area contributed by atoms with Gasteiger partial charge in [0.05, 0.1) is 6.54 Å². The molecule has 0 aromatic carbocycles. The molecule has 102 valence electrons. The Balaban J connectivity index is 1.99. The Kier molecular flexibility index (Phi) is 4.02. The molecular weight excluding hydrogens is 226 g/mol. The molecule has 0 amide bonds. The summed E-state index contributed by atoms with van der Waals surface area (Å²) in [6, 6.07) is 0. The van der Waals surface area contributed by atoms with Crippen LogP contribution in [0, 0.1) is 5.41 Å². The van der Waals surface area contributed by atoms with Crippen molar-refractivity contribution in [3.8, 4) is 0 Å². The van der Waals surface area contributed by atoms with E-state index in [2.05, 4.69) is 40.6 Å². The first-order chi connectivity index (χ1) is 8.52. The maximum absolute atomic E-state index is 5.78. The van der Waals surface area contributed by atoms with Gasteiger partial charge in [-0.05, 0) is 31.8 Å². The second-order valence-electron chi connectivity index (χ2n) is 6.18. The third-order valence-corrected chi connectivity index (χ3v) is 3.60. The fourth-order valence-corrected chi connectivity index (χ4v) is 2.58. The van der Waals surface area contributed by atoms with E-state index in [0.29, 0.717) is 6.54 Å². The third kappa shape index (κ3) is 3.09. The van der Waals surface area contributed by atoms with Crippen molar-refractivity contribution in [3.05, 3.63) is 11.6 Å². The summed E-state index contributed by atoms with van der Waals surface area (Å²) < 4.78 is 2.29. The molecular formula is C13H25N5. The number of hydrogen-bond acceptors (Lipinski definition) is 4. The molecule has 5 heteroatoms. The Labute approximate surface area is 109 Å². The van der Waals surface area contributed by atoms with Crippen LogP contribution in [-0.4, -0.2) is 39.8 Å². The molecule has 0 saturated carbocycles. The minimum atomic E-state index is 0.152. The maximum Gasteiger partial charge on any atom is 0.147 e. The standard InChI is InChI=1S/C13H25N5/c1-13(2,9-14)10-17(3)8-12-16-15-11-6-4-5-7-18(11)12/h4-10,14H2,1-3H3. The van der Waals surface area contributed by atoms with Gasteiger partial charge < -0.3 is 10.3 Å². The number of hydrogen-bond donors (Lipinski definition) is 1. The molecule has 1 aliphatic heterocycles. The van der Waals surface area contributed by atoms with Crippen LogP contribution in [-0.2, 0) is 19.5 Å². The van der Waals surface area contributed by atoms with Crippen LogP contribution in [0.5, 0.6) is 0 Å². The van der Waals surface area contributed by atoms with E-state index < -0.39 is 0 Å². The van der Waals surface area contributed by atoms with Gasteiger partial charge in [0.25, 0.3) is 0 Å². The minimum Gasteiger partial charge on any atom is -0.330 e. The van der Waals surface area contributed by atoms with E-state index >= 15 is 0 Å². The van der Waals surface area contributed by atoms with Crippen LogP contribution in [0.3, 0.4) is 0 Å². The van der Waals surface area contributed by atoms with Crippen LogP contribution in [0.1, 0.15) is 38.3 Å². The first-order valence-corrected chi connectivity index (χ1v) is 6.81. The molecule has 1 aromatic rings. The minimum absolute atomic E-state index is 0.152. The summed E-state index contributed by atoms with van der Waals surface area (Å²) in [6.07, 6.45) is 3.56. The molecule has 0 aliphatic carbocycles. The average molecular weight is 251 g/mol. The molecule has 2 heterocycles. The molecule has 1 aliphatic rings. The van der Waals surface area contributed by atoms with Gasteiger partial charge >= 0.3 is 0 Å². The summed E-state index contributed by atoms with van der Waals surface area (Å²) in [5.74, 6) is 2.25. The SMILES string of the molecule is CN(Cc1nnc2n1CCCC2)CC(C)(C)CN. The zero-order chi connectivity index (χ0) is 13.2. The second-order valence-corrected chi connectivity index (χ2v) is 6.18. The molecule has 0 radical (unpaired) electrons. The summed E-state index contributed by atoms with van der Waals surface area (Å²) >= 11 is 0. The highest BCUT2D eigenvalue weighted by Crippen LogP contribution is 2.18. The summed E-state index contributed by atoms with van der Waals surface area (Å²) in [4.78, 5) is 2.29. The summed E-state index contributed by atoms with van der Waals surface area (Å²) in [5.41, 5.74) is 5.93. The highest BCUT2D eigenvalue weighted by Gasteiger charge is 2.21. The van der Waals surface area contributed by atoms with Crippen molar-refractivity contribution in [2.24, 2.45) is 11.1 Å². The van der Waals surface area contributed by atoms with E-state index in [-0.39, 0.29) is 5.41 Å². The second kappa shape index (κ2) is 5.36. The molecule has 2 N–H and O–H groups in total. The van der Waals surface area contributed by atoms with Crippen LogP contribution < -0.4 is 5.73 Å². The Morgan fingerprint density at radius 3 is 2.83 bits per heavy atom. The Morgan fingerprint density at radius 2 is 2.11 bits per heavy atom. The van der Waals surface area contributed by atoms with E-state index in [1.54, 1.807) is 0 Å². The van der Waals surface area contributed by atoms with Crippen LogP contribution >= 0.6 is 0 Å². The molecule has 0 bridgehead atoms. The van der Waals surface area contributed by atoms with Gasteiger partial charge in [-0.15, -0.1) is 10.2 Å². The topological polar surface area (TPSA) is 60.0 Å². The van der Waals surface area contributed by atoms with Crippen molar-refractivity contribution in [2.75, 3.05) is 20.1 Å². The lowest BCUT2D eigenvalue weighted by molar-refractivity contribution is 0.203. The van der Waals surface area contributed by atoms with Gasteiger partial charge in [-0.2, -0.15) is 0 Å². The van der Waals surface area contributed by atoms with Crippen LogP contribution in [0.4, 0.5) is 0 Å². The Morgan fingerprint density at radius 1 is 1.33 bits per heavy atom. The van der Waals surface area contributed by atoms with Gasteiger partial charge in [0, 0.05) is 19.5 Å². The van der Waals surface area contributed by atoms with Crippen molar-refractivity contribution < 1.29 is 0 Å². The largest absolute Gasteiger partial charge is 0.330 e. The smallest absolute Gasteiger partial charge is 0.147 e. The van der Waals surface area contributed by atoms with Gasteiger partial charge in [-0.25, -0.2) is 0 Å². The van der Waals surface area contributed by atoms with Gasteiger partial charge in [-0.3, -0.25) is 4.90 Å². The van der Waals surface area contributed by atoms with Crippen molar-refractivity contribution in [2.45, 2.75) is 46.2 Å². The van der Waals surface area contributed by atoms with E-state index in [1.807, 2.05) is 0 Å². The Hall–Kier alpha value is -0.940. The fourth-order valence-electron chi connectivity index (χ4n) is 2.58. The first-order valence-electron chi connectivity index (χ1n) is 6.81.